The molecule has 0 aliphatic carbocycles. The lowest BCUT2D eigenvalue weighted by Gasteiger charge is -2.10. The van der Waals surface area contributed by atoms with Crippen LogP contribution in [0.5, 0.6) is 11.5 Å². The number of ether oxygens (including phenoxy) is 2. The summed E-state index contributed by atoms with van der Waals surface area (Å²) in [6.45, 7) is 2.84. The molecular formula is C16H21N3O3S. The van der Waals surface area contributed by atoms with Gasteiger partial charge in [0.25, 0.3) is 0 Å². The van der Waals surface area contributed by atoms with Gasteiger partial charge in [0.15, 0.2) is 16.7 Å². The molecule has 1 aromatic rings. The number of unbranched alkanes of at least 4 members (excludes halogenated alkanes) is 2. The molecule has 6 nitrogen and oxygen atoms in total. The Bertz CT molecular complexity index is 602. The van der Waals surface area contributed by atoms with Gasteiger partial charge in [-0.3, -0.25) is 4.79 Å². The largest absolute Gasteiger partial charge is 0.493 e. The summed E-state index contributed by atoms with van der Waals surface area (Å²) in [5, 5.41) is 11.1. The highest BCUT2D eigenvalue weighted by atomic mass is 32.2. The Morgan fingerprint density at radius 2 is 2.22 bits per heavy atom. The van der Waals surface area contributed by atoms with Gasteiger partial charge in [0.05, 0.1) is 25.7 Å². The Hall–Kier alpha value is -2.02. The van der Waals surface area contributed by atoms with Crippen molar-refractivity contribution in [2.45, 2.75) is 26.2 Å². The van der Waals surface area contributed by atoms with E-state index in [4.69, 9.17) is 9.47 Å². The SMILES string of the molecule is CCCCCOc1ccc(C=NN=C2NC(=O)CS2)cc1OC. The van der Waals surface area contributed by atoms with Crippen molar-refractivity contribution in [3.63, 3.8) is 0 Å². The van der Waals surface area contributed by atoms with Crippen LogP contribution in [0.15, 0.2) is 28.4 Å². The van der Waals surface area contributed by atoms with Crippen LogP contribution in [0.25, 0.3) is 0 Å². The summed E-state index contributed by atoms with van der Waals surface area (Å²) in [6, 6.07) is 5.60. The topological polar surface area (TPSA) is 72.3 Å². The van der Waals surface area contributed by atoms with Crippen molar-refractivity contribution >= 4 is 29.1 Å². The summed E-state index contributed by atoms with van der Waals surface area (Å²) in [7, 11) is 1.61. The first-order valence-corrected chi connectivity index (χ1v) is 8.56. The van der Waals surface area contributed by atoms with Crippen molar-refractivity contribution in [2.75, 3.05) is 19.5 Å². The molecule has 1 fully saturated rings. The van der Waals surface area contributed by atoms with Crippen LogP contribution in [0.3, 0.4) is 0 Å². The molecule has 0 spiro atoms. The zero-order valence-electron chi connectivity index (χ0n) is 13.4. The fourth-order valence-electron chi connectivity index (χ4n) is 1.95. The van der Waals surface area contributed by atoms with E-state index < -0.39 is 0 Å². The quantitative estimate of drug-likeness (QED) is 0.450. The van der Waals surface area contributed by atoms with Crippen molar-refractivity contribution < 1.29 is 14.3 Å². The first-order valence-electron chi connectivity index (χ1n) is 7.57. The fraction of sp³-hybridized carbons (Fsp3) is 0.438. The third kappa shape index (κ3) is 5.59. The van der Waals surface area contributed by atoms with Crippen molar-refractivity contribution in [1.82, 2.24) is 5.32 Å². The monoisotopic (exact) mass is 335 g/mol. The molecule has 0 aromatic heterocycles. The van der Waals surface area contributed by atoms with Crippen LogP contribution in [0.4, 0.5) is 0 Å². The Morgan fingerprint density at radius 1 is 1.35 bits per heavy atom. The van der Waals surface area contributed by atoms with Crippen LogP contribution in [0, 0.1) is 0 Å². The number of carbonyl (C=O) groups excluding carboxylic acids is 1. The predicted octanol–water partition coefficient (Wildman–Crippen LogP) is 2.82. The Kier molecular flexibility index (Phi) is 6.93. The molecule has 1 saturated heterocycles. The highest BCUT2D eigenvalue weighted by Gasteiger charge is 2.15. The number of amides is 1. The molecular weight excluding hydrogens is 314 g/mol. The van der Waals surface area contributed by atoms with Gasteiger partial charge in [-0.2, -0.15) is 5.10 Å². The number of nitrogens with zero attached hydrogens (tertiary/aromatic N) is 2. The first kappa shape index (κ1) is 17.3. The molecule has 0 saturated carbocycles. The summed E-state index contributed by atoms with van der Waals surface area (Å²) in [5.41, 5.74) is 0.849. The second-order valence-corrected chi connectivity index (χ2v) is 5.92. The number of nitrogens with one attached hydrogen (secondary N) is 1. The smallest absolute Gasteiger partial charge is 0.236 e. The molecule has 124 valence electrons. The third-order valence-electron chi connectivity index (χ3n) is 3.13. The molecule has 2 rings (SSSR count). The van der Waals surface area contributed by atoms with E-state index in [0.29, 0.717) is 23.3 Å². The molecule has 1 aromatic carbocycles. The van der Waals surface area contributed by atoms with Gasteiger partial charge in [-0.05, 0) is 30.2 Å². The van der Waals surface area contributed by atoms with Crippen molar-refractivity contribution in [1.29, 1.82) is 0 Å². The molecule has 1 heterocycles. The number of thioether (sulfide) groups is 1. The van der Waals surface area contributed by atoms with E-state index in [9.17, 15) is 4.79 Å². The van der Waals surface area contributed by atoms with Crippen molar-refractivity contribution in [3.8, 4) is 11.5 Å². The minimum absolute atomic E-state index is 0.0461. The number of carbonyl (C=O) groups is 1. The van der Waals surface area contributed by atoms with Crippen LogP contribution >= 0.6 is 11.8 Å². The molecule has 1 aliphatic heterocycles. The van der Waals surface area contributed by atoms with E-state index in [0.717, 1.165) is 30.6 Å². The highest BCUT2D eigenvalue weighted by Crippen LogP contribution is 2.27. The summed E-state index contributed by atoms with van der Waals surface area (Å²) < 4.78 is 11.1. The van der Waals surface area contributed by atoms with Crippen LogP contribution in [0.1, 0.15) is 31.7 Å². The molecule has 1 aliphatic rings. The van der Waals surface area contributed by atoms with Gasteiger partial charge in [0.2, 0.25) is 5.91 Å². The minimum Gasteiger partial charge on any atom is -0.493 e. The maximum absolute atomic E-state index is 11.0. The standard InChI is InChI=1S/C16H21N3O3S/c1-3-4-5-8-22-13-7-6-12(9-14(13)21-2)10-17-19-16-18-15(20)11-23-16/h6-7,9-10H,3-5,8,11H2,1-2H3,(H,18,19,20). The van der Waals surface area contributed by atoms with Crippen molar-refractivity contribution in [2.24, 2.45) is 10.2 Å². The highest BCUT2D eigenvalue weighted by molar-refractivity contribution is 8.15. The predicted molar refractivity (Wildman–Crippen MR) is 93.6 cm³/mol. The Balaban J connectivity index is 1.96. The van der Waals surface area contributed by atoms with E-state index in [1.54, 1.807) is 13.3 Å². The van der Waals surface area contributed by atoms with Crippen LogP contribution in [-0.4, -0.2) is 36.8 Å². The number of hydrogen-bond donors (Lipinski definition) is 1. The van der Waals surface area contributed by atoms with Gasteiger partial charge in [0.1, 0.15) is 0 Å². The van der Waals surface area contributed by atoms with E-state index >= 15 is 0 Å². The molecule has 0 atom stereocenters. The second-order valence-electron chi connectivity index (χ2n) is 4.95. The first-order chi connectivity index (χ1) is 11.2. The molecule has 1 amide bonds. The normalized spacial score (nSPS) is 16.1. The average molecular weight is 335 g/mol. The molecule has 1 N–H and O–H groups in total. The lowest BCUT2D eigenvalue weighted by atomic mass is 10.2. The van der Waals surface area contributed by atoms with Crippen LogP contribution in [-0.2, 0) is 4.79 Å². The van der Waals surface area contributed by atoms with Gasteiger partial charge < -0.3 is 14.8 Å². The summed E-state index contributed by atoms with van der Waals surface area (Å²) in [5.74, 6) is 1.74. The molecule has 0 unspecified atom stereocenters. The maximum atomic E-state index is 11.0. The average Bonchev–Trinajstić information content (AvgIpc) is 2.97. The van der Waals surface area contributed by atoms with Crippen LogP contribution < -0.4 is 14.8 Å². The molecule has 0 bridgehead atoms. The zero-order chi connectivity index (χ0) is 16.5. The molecule has 23 heavy (non-hydrogen) atoms. The van der Waals surface area contributed by atoms with Crippen molar-refractivity contribution in [3.05, 3.63) is 23.8 Å². The number of amidine groups is 1. The van der Waals surface area contributed by atoms with E-state index in [2.05, 4.69) is 22.4 Å². The van der Waals surface area contributed by atoms with Gasteiger partial charge in [0, 0.05) is 0 Å². The lowest BCUT2D eigenvalue weighted by molar-refractivity contribution is -0.116. The van der Waals surface area contributed by atoms with Gasteiger partial charge in [-0.25, -0.2) is 0 Å². The number of benzene rings is 1. The second kappa shape index (κ2) is 9.19. The Labute approximate surface area is 140 Å². The summed E-state index contributed by atoms with van der Waals surface area (Å²) >= 11 is 1.34. The Morgan fingerprint density at radius 3 is 2.91 bits per heavy atom. The van der Waals surface area contributed by atoms with Gasteiger partial charge >= 0.3 is 0 Å². The zero-order valence-corrected chi connectivity index (χ0v) is 14.2. The number of hydrogen-bond acceptors (Lipinski definition) is 6. The molecule has 0 radical (unpaired) electrons. The van der Waals surface area contributed by atoms with Gasteiger partial charge in [-0.1, -0.05) is 31.5 Å². The van der Waals surface area contributed by atoms with E-state index in [1.807, 2.05) is 18.2 Å². The van der Waals surface area contributed by atoms with Crippen LogP contribution in [0.2, 0.25) is 0 Å². The van der Waals surface area contributed by atoms with E-state index in [1.165, 1.54) is 11.8 Å². The summed E-state index contributed by atoms with van der Waals surface area (Å²) in [6.07, 6.45) is 4.96. The number of methoxy groups -OCH3 is 1. The minimum atomic E-state index is -0.0461. The van der Waals surface area contributed by atoms with Gasteiger partial charge in [-0.15, -0.1) is 5.10 Å². The molecule has 7 heteroatoms. The third-order valence-corrected chi connectivity index (χ3v) is 4.00. The fourth-order valence-corrected chi connectivity index (χ4v) is 2.58. The lowest BCUT2D eigenvalue weighted by Crippen LogP contribution is -2.19. The maximum Gasteiger partial charge on any atom is 0.236 e. The number of rotatable bonds is 8. The summed E-state index contributed by atoms with van der Waals surface area (Å²) in [4.78, 5) is 11.0. The van der Waals surface area contributed by atoms with E-state index in [-0.39, 0.29) is 5.91 Å².